The van der Waals surface area contributed by atoms with Crippen LogP contribution < -0.4 is 0 Å². The zero-order valence-electron chi connectivity index (χ0n) is 7.57. The zero-order chi connectivity index (χ0) is 8.55. The molecule has 2 bridgehead atoms. The molecule has 70 valence electrons. The number of ether oxygens (including phenoxy) is 1. The van der Waals surface area contributed by atoms with Crippen LogP contribution in [0, 0.1) is 5.92 Å². The van der Waals surface area contributed by atoms with E-state index in [0.717, 1.165) is 13.1 Å². The normalized spacial score (nSPS) is 46.5. The number of aliphatic hydroxyl groups is 1. The van der Waals surface area contributed by atoms with Gasteiger partial charge in [0.1, 0.15) is 0 Å². The topological polar surface area (TPSA) is 32.7 Å². The fraction of sp³-hybridized carbons (Fsp3) is 1.00. The van der Waals surface area contributed by atoms with Crippen LogP contribution in [-0.2, 0) is 4.74 Å². The van der Waals surface area contributed by atoms with E-state index in [1.807, 2.05) is 0 Å². The lowest BCUT2D eigenvalue weighted by Crippen LogP contribution is -2.59. The van der Waals surface area contributed by atoms with E-state index in [1.165, 1.54) is 12.8 Å². The summed E-state index contributed by atoms with van der Waals surface area (Å²) in [5.41, 5.74) is 0. The molecule has 3 heterocycles. The molecule has 1 N–H and O–H groups in total. The Morgan fingerprint density at radius 1 is 1.42 bits per heavy atom. The van der Waals surface area contributed by atoms with Crippen LogP contribution in [0.5, 0.6) is 0 Å². The summed E-state index contributed by atoms with van der Waals surface area (Å²) in [6.45, 7) is 2.98. The predicted octanol–water partition coefficient (Wildman–Crippen LogP) is 0.0879. The lowest BCUT2D eigenvalue weighted by atomic mass is 9.81. The van der Waals surface area contributed by atoms with E-state index in [1.54, 1.807) is 7.11 Å². The van der Waals surface area contributed by atoms with Gasteiger partial charge in [-0.1, -0.05) is 0 Å². The minimum atomic E-state index is -0.146. The van der Waals surface area contributed by atoms with Gasteiger partial charge in [0.25, 0.3) is 0 Å². The molecule has 2 atom stereocenters. The maximum absolute atomic E-state index is 9.87. The van der Waals surface area contributed by atoms with Crippen molar-refractivity contribution in [2.24, 2.45) is 5.92 Å². The summed E-state index contributed by atoms with van der Waals surface area (Å²) in [6, 6.07) is 0.266. The first-order valence-electron chi connectivity index (χ1n) is 4.74. The number of methoxy groups -OCH3 is 1. The van der Waals surface area contributed by atoms with Gasteiger partial charge >= 0.3 is 0 Å². The van der Waals surface area contributed by atoms with Gasteiger partial charge in [0.2, 0.25) is 0 Å². The monoisotopic (exact) mass is 171 g/mol. The maximum atomic E-state index is 9.87. The number of aliphatic hydroxyl groups excluding tert-OH is 1. The van der Waals surface area contributed by atoms with Crippen LogP contribution in [0.1, 0.15) is 12.8 Å². The van der Waals surface area contributed by atoms with Crippen molar-refractivity contribution in [2.45, 2.75) is 25.0 Å². The number of nitrogens with zero attached hydrogens (tertiary/aromatic N) is 1. The molecule has 3 saturated heterocycles. The Hall–Kier alpha value is -0.120. The van der Waals surface area contributed by atoms with Crippen molar-refractivity contribution < 1.29 is 9.84 Å². The largest absolute Gasteiger partial charge is 0.391 e. The van der Waals surface area contributed by atoms with Crippen LogP contribution in [0.15, 0.2) is 0 Å². The molecule has 0 aromatic heterocycles. The molecule has 0 aromatic rings. The van der Waals surface area contributed by atoms with Gasteiger partial charge in [0, 0.05) is 7.11 Å². The summed E-state index contributed by atoms with van der Waals surface area (Å²) in [6.07, 6.45) is 2.19. The van der Waals surface area contributed by atoms with Gasteiger partial charge in [0.15, 0.2) is 0 Å². The molecule has 0 spiro atoms. The van der Waals surface area contributed by atoms with Crippen molar-refractivity contribution in [1.82, 2.24) is 4.90 Å². The Kier molecular flexibility index (Phi) is 2.35. The molecule has 3 aliphatic heterocycles. The fourth-order valence-electron chi connectivity index (χ4n) is 2.50. The summed E-state index contributed by atoms with van der Waals surface area (Å²) in [4.78, 5) is 2.36. The van der Waals surface area contributed by atoms with Crippen LogP contribution in [0.25, 0.3) is 0 Å². The molecule has 3 heteroatoms. The average Bonchev–Trinajstić information content (AvgIpc) is 2.12. The molecule has 3 fully saturated rings. The number of fused-ring (bicyclic) bond motifs is 3. The third-order valence-electron chi connectivity index (χ3n) is 3.26. The summed E-state index contributed by atoms with van der Waals surface area (Å²) in [5, 5.41) is 9.87. The van der Waals surface area contributed by atoms with Crippen molar-refractivity contribution >= 4 is 0 Å². The van der Waals surface area contributed by atoms with E-state index in [2.05, 4.69) is 4.90 Å². The predicted molar refractivity (Wildman–Crippen MR) is 46.0 cm³/mol. The van der Waals surface area contributed by atoms with Gasteiger partial charge in [-0.3, -0.25) is 4.90 Å². The molecule has 12 heavy (non-hydrogen) atoms. The number of piperidine rings is 3. The van der Waals surface area contributed by atoms with E-state index in [9.17, 15) is 5.11 Å². The minimum Gasteiger partial charge on any atom is -0.391 e. The Morgan fingerprint density at radius 3 is 2.58 bits per heavy atom. The van der Waals surface area contributed by atoms with Crippen molar-refractivity contribution in [3.05, 3.63) is 0 Å². The van der Waals surface area contributed by atoms with E-state index in [-0.39, 0.29) is 12.1 Å². The van der Waals surface area contributed by atoms with Crippen molar-refractivity contribution in [1.29, 1.82) is 0 Å². The molecule has 3 nitrogen and oxygen atoms in total. The molecule has 0 radical (unpaired) electrons. The van der Waals surface area contributed by atoms with Gasteiger partial charge in [-0.05, 0) is 31.8 Å². The molecular formula is C9H17NO2. The summed E-state index contributed by atoms with van der Waals surface area (Å²) in [7, 11) is 1.70. The number of hydrogen-bond donors (Lipinski definition) is 1. The maximum Gasteiger partial charge on any atom is 0.0746 e. The van der Waals surface area contributed by atoms with Crippen LogP contribution in [0.4, 0.5) is 0 Å². The lowest BCUT2D eigenvalue weighted by Gasteiger charge is -2.48. The zero-order valence-corrected chi connectivity index (χ0v) is 7.57. The van der Waals surface area contributed by atoms with Crippen LogP contribution in [0.3, 0.4) is 0 Å². The van der Waals surface area contributed by atoms with Gasteiger partial charge in [-0.25, -0.2) is 0 Å². The van der Waals surface area contributed by atoms with Crippen LogP contribution >= 0.6 is 0 Å². The molecule has 0 aliphatic carbocycles. The molecule has 0 amide bonds. The Morgan fingerprint density at radius 2 is 2.08 bits per heavy atom. The van der Waals surface area contributed by atoms with Crippen LogP contribution in [0.2, 0.25) is 0 Å². The first kappa shape index (κ1) is 8.48. The summed E-state index contributed by atoms with van der Waals surface area (Å²) < 4.78 is 5.10. The highest BCUT2D eigenvalue weighted by Gasteiger charge is 2.40. The molecule has 0 aromatic carbocycles. The van der Waals surface area contributed by atoms with Gasteiger partial charge < -0.3 is 9.84 Å². The van der Waals surface area contributed by atoms with Gasteiger partial charge in [-0.15, -0.1) is 0 Å². The van der Waals surface area contributed by atoms with E-state index < -0.39 is 0 Å². The summed E-state index contributed by atoms with van der Waals surface area (Å²) in [5.74, 6) is 0.537. The van der Waals surface area contributed by atoms with E-state index in [0.29, 0.717) is 12.5 Å². The average molecular weight is 171 g/mol. The second-order valence-corrected chi connectivity index (χ2v) is 3.89. The first-order valence-corrected chi connectivity index (χ1v) is 4.74. The molecular weight excluding hydrogens is 154 g/mol. The second-order valence-electron chi connectivity index (χ2n) is 3.89. The third kappa shape index (κ3) is 1.26. The lowest BCUT2D eigenvalue weighted by molar-refractivity contribution is -0.0935. The quantitative estimate of drug-likeness (QED) is 0.639. The molecule has 2 unspecified atom stereocenters. The fourth-order valence-corrected chi connectivity index (χ4v) is 2.50. The number of rotatable bonds is 2. The van der Waals surface area contributed by atoms with E-state index in [4.69, 9.17) is 4.74 Å². The highest BCUT2D eigenvalue weighted by atomic mass is 16.5. The minimum absolute atomic E-state index is 0.146. The van der Waals surface area contributed by atoms with Crippen molar-refractivity contribution in [3.8, 4) is 0 Å². The van der Waals surface area contributed by atoms with Gasteiger partial charge in [-0.2, -0.15) is 0 Å². The standard InChI is InChI=1S/C9H17NO2/c1-12-6-8-9(11)7-2-4-10(8)5-3-7/h7-9,11H,2-6H2,1H3. The van der Waals surface area contributed by atoms with E-state index >= 15 is 0 Å². The third-order valence-corrected chi connectivity index (χ3v) is 3.26. The Bertz CT molecular complexity index is 153. The highest BCUT2D eigenvalue weighted by Crippen LogP contribution is 2.32. The van der Waals surface area contributed by atoms with Crippen molar-refractivity contribution in [2.75, 3.05) is 26.8 Å². The van der Waals surface area contributed by atoms with Gasteiger partial charge in [0.05, 0.1) is 18.8 Å². The van der Waals surface area contributed by atoms with Crippen LogP contribution in [-0.4, -0.2) is 49.0 Å². The SMILES string of the molecule is COCC1C(O)C2CCN1CC2. The molecule has 3 aliphatic rings. The Labute approximate surface area is 73.3 Å². The second kappa shape index (κ2) is 3.32. The number of hydrogen-bond acceptors (Lipinski definition) is 3. The summed E-state index contributed by atoms with van der Waals surface area (Å²) >= 11 is 0. The molecule has 3 rings (SSSR count). The van der Waals surface area contributed by atoms with Crippen molar-refractivity contribution in [3.63, 3.8) is 0 Å². The smallest absolute Gasteiger partial charge is 0.0746 e. The highest BCUT2D eigenvalue weighted by molar-refractivity contribution is 4.94. The Balaban J connectivity index is 2.02. The first-order chi connectivity index (χ1) is 5.83. The molecule has 0 saturated carbocycles.